The number of ether oxygens (including phenoxy) is 1. The zero-order valence-electron chi connectivity index (χ0n) is 6.65. The molecule has 0 aliphatic heterocycles. The van der Waals surface area contributed by atoms with E-state index in [4.69, 9.17) is 0 Å². The van der Waals surface area contributed by atoms with Gasteiger partial charge in [0.25, 0.3) is 6.43 Å². The lowest BCUT2D eigenvalue weighted by atomic mass is 10.1. The molecule has 0 aliphatic rings. The van der Waals surface area contributed by atoms with Crippen molar-refractivity contribution in [3.8, 4) is 0 Å². The predicted octanol–water partition coefficient (Wildman–Crippen LogP) is 1.39. The van der Waals surface area contributed by atoms with Crippen molar-refractivity contribution < 1.29 is 18.3 Å². The van der Waals surface area contributed by atoms with Gasteiger partial charge in [-0.15, -0.1) is 0 Å². The third kappa shape index (κ3) is 3.15. The van der Waals surface area contributed by atoms with Gasteiger partial charge in [-0.25, -0.2) is 13.6 Å². The zero-order chi connectivity index (χ0) is 9.07. The van der Waals surface area contributed by atoms with Crippen LogP contribution in [0.15, 0.2) is 0 Å². The van der Waals surface area contributed by atoms with Crippen molar-refractivity contribution in [2.24, 2.45) is 0 Å². The highest BCUT2D eigenvalue weighted by Gasteiger charge is 2.33. The summed E-state index contributed by atoms with van der Waals surface area (Å²) in [5.74, 6) is 0. The summed E-state index contributed by atoms with van der Waals surface area (Å²) >= 11 is 0. The van der Waals surface area contributed by atoms with Gasteiger partial charge in [0.15, 0.2) is 5.60 Å². The third-order valence-electron chi connectivity index (χ3n) is 1.09. The smallest absolute Gasteiger partial charge is 0.407 e. The van der Waals surface area contributed by atoms with Crippen LogP contribution in [0.4, 0.5) is 13.6 Å². The Labute approximate surface area is 63.7 Å². The van der Waals surface area contributed by atoms with Crippen LogP contribution in [-0.2, 0) is 4.74 Å². The largest absolute Gasteiger partial charge is 0.437 e. The average molecular weight is 167 g/mol. The Hall–Kier alpha value is -0.870. The number of amides is 1. The van der Waals surface area contributed by atoms with Crippen LogP contribution in [0.1, 0.15) is 13.8 Å². The van der Waals surface area contributed by atoms with Crippen LogP contribution in [0.25, 0.3) is 0 Å². The number of rotatable bonds is 2. The van der Waals surface area contributed by atoms with E-state index in [1.54, 1.807) is 0 Å². The Bertz CT molecular complexity index is 148. The molecule has 0 spiro atoms. The molecule has 0 radical (unpaired) electrons. The van der Waals surface area contributed by atoms with E-state index in [0.29, 0.717) is 0 Å². The molecule has 0 aromatic rings. The second kappa shape index (κ2) is 3.50. The summed E-state index contributed by atoms with van der Waals surface area (Å²) in [6.07, 6.45) is -3.53. The molecule has 11 heavy (non-hydrogen) atoms. The molecular formula is C6H11F2NO2. The number of alkyl carbamates (subject to hydrolysis) is 1. The van der Waals surface area contributed by atoms with Crippen molar-refractivity contribution in [2.45, 2.75) is 25.9 Å². The topological polar surface area (TPSA) is 38.3 Å². The van der Waals surface area contributed by atoms with Gasteiger partial charge >= 0.3 is 6.09 Å². The fourth-order valence-corrected chi connectivity index (χ4v) is 0.334. The highest BCUT2D eigenvalue weighted by molar-refractivity contribution is 5.67. The number of halogens is 2. The summed E-state index contributed by atoms with van der Waals surface area (Å²) in [6.45, 7) is 2.29. The summed E-state index contributed by atoms with van der Waals surface area (Å²) < 4.78 is 28.4. The van der Waals surface area contributed by atoms with Gasteiger partial charge in [0.2, 0.25) is 0 Å². The third-order valence-corrected chi connectivity index (χ3v) is 1.09. The number of hydrogen-bond acceptors (Lipinski definition) is 2. The fraction of sp³-hybridized carbons (Fsp3) is 0.833. The van der Waals surface area contributed by atoms with Gasteiger partial charge in [-0.1, -0.05) is 0 Å². The minimum atomic E-state index is -2.68. The van der Waals surface area contributed by atoms with Crippen LogP contribution in [-0.4, -0.2) is 25.2 Å². The van der Waals surface area contributed by atoms with Crippen molar-refractivity contribution >= 4 is 6.09 Å². The first-order valence-corrected chi connectivity index (χ1v) is 3.09. The van der Waals surface area contributed by atoms with E-state index in [1.165, 1.54) is 7.05 Å². The van der Waals surface area contributed by atoms with E-state index >= 15 is 0 Å². The molecule has 0 saturated heterocycles. The molecule has 1 N–H and O–H groups in total. The summed E-state index contributed by atoms with van der Waals surface area (Å²) in [7, 11) is 1.31. The maximum atomic E-state index is 12.0. The van der Waals surface area contributed by atoms with Crippen LogP contribution in [0, 0.1) is 0 Å². The normalized spacial score (nSPS) is 11.5. The van der Waals surface area contributed by atoms with Crippen molar-refractivity contribution in [2.75, 3.05) is 7.05 Å². The molecule has 3 nitrogen and oxygen atoms in total. The van der Waals surface area contributed by atoms with Crippen molar-refractivity contribution in [1.29, 1.82) is 0 Å². The van der Waals surface area contributed by atoms with E-state index in [2.05, 4.69) is 10.1 Å². The molecule has 0 heterocycles. The molecule has 0 atom stereocenters. The monoisotopic (exact) mass is 167 g/mol. The van der Waals surface area contributed by atoms with E-state index in [0.717, 1.165) is 13.8 Å². The van der Waals surface area contributed by atoms with Crippen molar-refractivity contribution in [3.63, 3.8) is 0 Å². The molecule has 0 unspecified atom stereocenters. The van der Waals surface area contributed by atoms with Gasteiger partial charge in [0.05, 0.1) is 0 Å². The van der Waals surface area contributed by atoms with Crippen LogP contribution >= 0.6 is 0 Å². The standard InChI is InChI=1S/C6H11F2NO2/c1-6(2,4(7)8)11-5(10)9-3/h4H,1-3H3,(H,9,10). The van der Waals surface area contributed by atoms with E-state index in [1.807, 2.05) is 0 Å². The first kappa shape index (κ1) is 10.1. The first-order chi connectivity index (χ1) is 4.90. The second-order valence-electron chi connectivity index (χ2n) is 2.54. The first-order valence-electron chi connectivity index (χ1n) is 3.09. The Morgan fingerprint density at radius 3 is 2.27 bits per heavy atom. The minimum Gasteiger partial charge on any atom is -0.437 e. The van der Waals surface area contributed by atoms with Gasteiger partial charge in [0, 0.05) is 7.05 Å². The summed E-state index contributed by atoms with van der Waals surface area (Å²) in [5, 5.41) is 2.08. The molecule has 66 valence electrons. The molecular weight excluding hydrogens is 156 g/mol. The predicted molar refractivity (Wildman–Crippen MR) is 35.6 cm³/mol. The van der Waals surface area contributed by atoms with Crippen LogP contribution < -0.4 is 5.32 Å². The SMILES string of the molecule is CNC(=O)OC(C)(C)C(F)F. The molecule has 0 rings (SSSR count). The van der Waals surface area contributed by atoms with E-state index < -0.39 is 18.1 Å². The molecule has 0 aliphatic carbocycles. The maximum absolute atomic E-state index is 12.0. The molecule has 0 aromatic carbocycles. The van der Waals surface area contributed by atoms with Crippen molar-refractivity contribution in [3.05, 3.63) is 0 Å². The van der Waals surface area contributed by atoms with Gasteiger partial charge in [-0.05, 0) is 13.8 Å². The molecule has 1 amide bonds. The lowest BCUT2D eigenvalue weighted by Gasteiger charge is -2.23. The molecule has 0 aromatic heterocycles. The number of carbonyl (C=O) groups is 1. The number of hydrogen-bond donors (Lipinski definition) is 1. The van der Waals surface area contributed by atoms with Crippen LogP contribution in [0.3, 0.4) is 0 Å². The molecule has 0 fully saturated rings. The van der Waals surface area contributed by atoms with Crippen LogP contribution in [0.5, 0.6) is 0 Å². The maximum Gasteiger partial charge on any atom is 0.407 e. The summed E-state index contributed by atoms with van der Waals surface area (Å²) in [5.41, 5.74) is -1.72. The number of alkyl halides is 2. The number of nitrogens with one attached hydrogen (secondary N) is 1. The van der Waals surface area contributed by atoms with Gasteiger partial charge in [-0.2, -0.15) is 0 Å². The second-order valence-corrected chi connectivity index (χ2v) is 2.54. The molecule has 0 bridgehead atoms. The van der Waals surface area contributed by atoms with E-state index in [-0.39, 0.29) is 0 Å². The zero-order valence-corrected chi connectivity index (χ0v) is 6.65. The summed E-state index contributed by atoms with van der Waals surface area (Å²) in [6, 6.07) is 0. The Morgan fingerprint density at radius 1 is 1.55 bits per heavy atom. The lowest BCUT2D eigenvalue weighted by molar-refractivity contribution is -0.0766. The van der Waals surface area contributed by atoms with Gasteiger partial charge < -0.3 is 10.1 Å². The van der Waals surface area contributed by atoms with Crippen LogP contribution in [0.2, 0.25) is 0 Å². The Kier molecular flexibility index (Phi) is 3.22. The van der Waals surface area contributed by atoms with Gasteiger partial charge in [-0.3, -0.25) is 0 Å². The van der Waals surface area contributed by atoms with Gasteiger partial charge in [0.1, 0.15) is 0 Å². The number of carbonyl (C=O) groups excluding carboxylic acids is 1. The Morgan fingerprint density at radius 2 is 2.00 bits per heavy atom. The molecule has 0 saturated carbocycles. The van der Waals surface area contributed by atoms with Crippen molar-refractivity contribution in [1.82, 2.24) is 5.32 Å². The minimum absolute atomic E-state index is 0.852. The summed E-state index contributed by atoms with van der Waals surface area (Å²) in [4.78, 5) is 10.5. The molecule has 5 heteroatoms. The lowest BCUT2D eigenvalue weighted by Crippen LogP contribution is -2.38. The van der Waals surface area contributed by atoms with E-state index in [9.17, 15) is 13.6 Å². The quantitative estimate of drug-likeness (QED) is 0.674. The Balaban J connectivity index is 4.01. The highest BCUT2D eigenvalue weighted by atomic mass is 19.3. The fourth-order valence-electron chi connectivity index (χ4n) is 0.334. The highest BCUT2D eigenvalue weighted by Crippen LogP contribution is 2.18. The average Bonchev–Trinajstić information content (AvgIpc) is 1.86.